The fourth-order valence-electron chi connectivity index (χ4n) is 4.42. The van der Waals surface area contributed by atoms with Crippen LogP contribution >= 0.6 is 0 Å². The molecule has 0 spiro atoms. The number of sulfonamides is 2. The van der Waals surface area contributed by atoms with E-state index in [-0.39, 0.29) is 34.7 Å². The second kappa shape index (κ2) is 10.0. The summed E-state index contributed by atoms with van der Waals surface area (Å²) >= 11 is 0. The first-order valence-electron chi connectivity index (χ1n) is 11.4. The molecule has 0 saturated carbocycles. The van der Waals surface area contributed by atoms with Crippen molar-refractivity contribution in [1.82, 2.24) is 9.62 Å². The van der Waals surface area contributed by atoms with Crippen LogP contribution in [0.3, 0.4) is 0 Å². The monoisotopic (exact) mass is 517 g/mol. The zero-order valence-corrected chi connectivity index (χ0v) is 20.7. The second-order valence-corrected chi connectivity index (χ2v) is 11.9. The van der Waals surface area contributed by atoms with Gasteiger partial charge in [-0.15, -0.1) is 0 Å². The maximum atomic E-state index is 13.4. The maximum Gasteiger partial charge on any atom is 0.246 e. The first-order chi connectivity index (χ1) is 16.6. The van der Waals surface area contributed by atoms with Gasteiger partial charge in [0.05, 0.1) is 4.90 Å². The number of benzene rings is 2. The molecular weight excluding hydrogens is 490 g/mol. The van der Waals surface area contributed by atoms with E-state index in [0.717, 1.165) is 25.7 Å². The Labute approximate surface area is 205 Å². The lowest BCUT2D eigenvalue weighted by Crippen LogP contribution is -2.40. The molecule has 2 aromatic carbocycles. The Hall–Kier alpha value is -2.86. The van der Waals surface area contributed by atoms with E-state index < -0.39 is 36.5 Å². The van der Waals surface area contributed by atoms with Crippen LogP contribution in [0.15, 0.2) is 64.0 Å². The highest BCUT2D eigenvalue weighted by Crippen LogP contribution is 2.32. The largest absolute Gasteiger partial charge is 0.367 e. The van der Waals surface area contributed by atoms with Gasteiger partial charge in [-0.2, -0.15) is 0 Å². The van der Waals surface area contributed by atoms with Crippen molar-refractivity contribution >= 4 is 31.6 Å². The third-order valence-corrected chi connectivity index (χ3v) is 8.63. The van der Waals surface area contributed by atoms with E-state index in [1.807, 2.05) is 0 Å². The molecule has 0 atom stereocenters. The van der Waals surface area contributed by atoms with Crippen LogP contribution < -0.4 is 9.86 Å². The van der Waals surface area contributed by atoms with Crippen molar-refractivity contribution in [3.8, 4) is 0 Å². The standard InChI is InChI=1S/C24H27N3O6S2/c25-34(30,31)18-11-9-17(10-12-18)13-14-26-35(32,33)24-21(27-15-5-1-2-6-16-27)22(28)19-7-3-4-8-20(19)23(24)29/h3-4,7-12,26H,1-2,5-6,13-16H2,(H2,25,30,31). The van der Waals surface area contributed by atoms with E-state index >= 15 is 0 Å². The predicted molar refractivity (Wildman–Crippen MR) is 131 cm³/mol. The van der Waals surface area contributed by atoms with Gasteiger partial charge in [-0.3, -0.25) is 9.59 Å². The number of hydrogen-bond acceptors (Lipinski definition) is 7. The summed E-state index contributed by atoms with van der Waals surface area (Å²) in [5.41, 5.74) is 0.916. The summed E-state index contributed by atoms with van der Waals surface area (Å²) in [5, 5.41) is 5.10. The van der Waals surface area contributed by atoms with Crippen LogP contribution in [0, 0.1) is 0 Å². The van der Waals surface area contributed by atoms with Gasteiger partial charge in [-0.1, -0.05) is 49.2 Å². The van der Waals surface area contributed by atoms with Crippen molar-refractivity contribution in [3.05, 3.63) is 75.8 Å². The number of hydrogen-bond donors (Lipinski definition) is 2. The molecule has 0 aromatic heterocycles. The Morgan fingerprint density at radius 2 is 1.37 bits per heavy atom. The molecule has 9 nitrogen and oxygen atoms in total. The van der Waals surface area contributed by atoms with Crippen LogP contribution in [0.25, 0.3) is 0 Å². The summed E-state index contributed by atoms with van der Waals surface area (Å²) < 4.78 is 52.1. The fourth-order valence-corrected chi connectivity index (χ4v) is 6.28. The summed E-state index contributed by atoms with van der Waals surface area (Å²) in [7, 11) is -8.14. The topological polar surface area (TPSA) is 144 Å². The van der Waals surface area contributed by atoms with E-state index in [4.69, 9.17) is 5.14 Å². The molecule has 186 valence electrons. The number of fused-ring (bicyclic) bond motifs is 1. The molecule has 2 aliphatic rings. The van der Waals surface area contributed by atoms with Crippen LogP contribution in [0.2, 0.25) is 0 Å². The average Bonchev–Trinajstić information content (AvgIpc) is 3.10. The van der Waals surface area contributed by atoms with Crippen molar-refractivity contribution in [1.29, 1.82) is 0 Å². The van der Waals surface area contributed by atoms with Crippen molar-refractivity contribution in [2.75, 3.05) is 19.6 Å². The van der Waals surface area contributed by atoms with Gasteiger partial charge in [0.2, 0.25) is 31.6 Å². The van der Waals surface area contributed by atoms with Gasteiger partial charge in [0.15, 0.2) is 4.91 Å². The first kappa shape index (κ1) is 25.2. The second-order valence-electron chi connectivity index (χ2n) is 8.62. The summed E-state index contributed by atoms with van der Waals surface area (Å²) in [6, 6.07) is 12.1. The highest BCUT2D eigenvalue weighted by Gasteiger charge is 2.41. The Kier molecular flexibility index (Phi) is 7.22. The first-order valence-corrected chi connectivity index (χ1v) is 14.4. The Morgan fingerprint density at radius 3 is 1.94 bits per heavy atom. The van der Waals surface area contributed by atoms with Crippen molar-refractivity contribution in [3.63, 3.8) is 0 Å². The van der Waals surface area contributed by atoms with Crippen molar-refractivity contribution in [2.45, 2.75) is 37.0 Å². The summed E-state index contributed by atoms with van der Waals surface area (Å²) in [6.07, 6.45) is 3.82. The Morgan fingerprint density at radius 1 is 0.800 bits per heavy atom. The van der Waals surface area contributed by atoms with Crippen LogP contribution in [0.5, 0.6) is 0 Å². The number of nitrogens with one attached hydrogen (secondary N) is 1. The van der Waals surface area contributed by atoms with E-state index in [9.17, 15) is 26.4 Å². The molecular formula is C24H27N3O6S2. The van der Waals surface area contributed by atoms with Gasteiger partial charge < -0.3 is 4.90 Å². The minimum atomic E-state index is -4.32. The highest BCUT2D eigenvalue weighted by molar-refractivity contribution is 7.94. The van der Waals surface area contributed by atoms with Gasteiger partial charge in [-0.05, 0) is 37.0 Å². The van der Waals surface area contributed by atoms with Crippen LogP contribution in [-0.4, -0.2) is 52.9 Å². The van der Waals surface area contributed by atoms with Crippen LogP contribution in [0.4, 0.5) is 0 Å². The molecule has 3 N–H and O–H groups in total. The Balaban J connectivity index is 1.63. The predicted octanol–water partition coefficient (Wildman–Crippen LogP) is 1.96. The zero-order valence-electron chi connectivity index (χ0n) is 19.1. The molecule has 1 aliphatic heterocycles. The number of primary sulfonamides is 1. The number of allylic oxidation sites excluding steroid dienone is 2. The number of Topliss-reactive ketones (excluding diaryl/α,β-unsaturated/α-hetero) is 2. The van der Waals surface area contributed by atoms with E-state index in [2.05, 4.69) is 4.72 Å². The number of rotatable bonds is 7. The number of carbonyl (C=O) groups excluding carboxylic acids is 2. The average molecular weight is 518 g/mol. The minimum Gasteiger partial charge on any atom is -0.367 e. The third kappa shape index (κ3) is 5.37. The molecule has 11 heteroatoms. The van der Waals surface area contributed by atoms with Gasteiger partial charge in [0.1, 0.15) is 5.70 Å². The summed E-state index contributed by atoms with van der Waals surface area (Å²) in [5.74, 6) is -1.15. The molecule has 0 unspecified atom stereocenters. The van der Waals surface area contributed by atoms with Gasteiger partial charge in [0.25, 0.3) is 0 Å². The molecule has 4 rings (SSSR count). The third-order valence-electron chi connectivity index (χ3n) is 6.20. The Bertz CT molecular complexity index is 1390. The zero-order chi connectivity index (χ0) is 25.2. The van der Waals surface area contributed by atoms with Crippen molar-refractivity contribution < 1.29 is 26.4 Å². The van der Waals surface area contributed by atoms with E-state index in [1.165, 1.54) is 18.2 Å². The number of likely N-dealkylation sites (tertiary alicyclic amines) is 1. The summed E-state index contributed by atoms with van der Waals surface area (Å²) in [4.78, 5) is 28.0. The molecule has 2 aromatic rings. The smallest absolute Gasteiger partial charge is 0.246 e. The van der Waals surface area contributed by atoms with Gasteiger partial charge in [0, 0.05) is 30.8 Å². The number of nitrogens with two attached hydrogens (primary N) is 1. The molecule has 1 fully saturated rings. The lowest BCUT2D eigenvalue weighted by Gasteiger charge is -2.30. The molecule has 1 aliphatic carbocycles. The molecule has 0 bridgehead atoms. The molecule has 0 radical (unpaired) electrons. The number of nitrogens with zero attached hydrogens (tertiary/aromatic N) is 1. The molecule has 0 amide bonds. The van der Waals surface area contributed by atoms with Gasteiger partial charge in [-0.25, -0.2) is 26.7 Å². The SMILES string of the molecule is NS(=O)(=O)c1ccc(CCNS(=O)(=O)C2=C(N3CCCCCC3)C(=O)c3ccccc3C2=O)cc1. The van der Waals surface area contributed by atoms with Gasteiger partial charge >= 0.3 is 0 Å². The number of carbonyl (C=O) groups is 2. The minimum absolute atomic E-state index is 0.0425. The molecule has 1 heterocycles. The molecule has 1 saturated heterocycles. The highest BCUT2D eigenvalue weighted by atomic mass is 32.2. The molecule has 35 heavy (non-hydrogen) atoms. The van der Waals surface area contributed by atoms with Crippen LogP contribution in [0.1, 0.15) is 52.0 Å². The normalized spacial score (nSPS) is 17.3. The van der Waals surface area contributed by atoms with E-state index in [0.29, 0.717) is 18.7 Å². The number of ketones is 2. The fraction of sp³-hybridized carbons (Fsp3) is 0.333. The van der Waals surface area contributed by atoms with Crippen molar-refractivity contribution in [2.24, 2.45) is 5.14 Å². The summed E-state index contributed by atoms with van der Waals surface area (Å²) in [6.45, 7) is 0.967. The lowest BCUT2D eigenvalue weighted by molar-refractivity contribution is 0.0947. The van der Waals surface area contributed by atoms with Crippen LogP contribution in [-0.2, 0) is 26.5 Å². The van der Waals surface area contributed by atoms with E-state index in [1.54, 1.807) is 35.2 Å². The lowest BCUT2D eigenvalue weighted by atomic mass is 9.91. The maximum absolute atomic E-state index is 13.4. The quantitative estimate of drug-likeness (QED) is 0.571.